The summed E-state index contributed by atoms with van der Waals surface area (Å²) in [7, 11) is -18.0. The van der Waals surface area contributed by atoms with Crippen LogP contribution < -0.4 is 0 Å². The van der Waals surface area contributed by atoms with Crippen LogP contribution in [0.25, 0.3) is 0 Å². The minimum Gasteiger partial charge on any atom is -0.418 e. The molecule has 0 saturated carbocycles. The average Bonchev–Trinajstić information content (AvgIpc) is 3.02. The van der Waals surface area contributed by atoms with Crippen LogP contribution in [0.15, 0.2) is 36.5 Å². The molecule has 0 aromatic rings. The van der Waals surface area contributed by atoms with E-state index in [1.54, 1.807) is 0 Å². The van der Waals surface area contributed by atoms with E-state index in [9.17, 15) is 51.8 Å². The maximum Gasteiger partial charge on any atom is 5.00 e. The third-order valence-corrected chi connectivity index (χ3v) is 1.17. The first kappa shape index (κ1) is 32.5. The van der Waals surface area contributed by atoms with Crippen LogP contribution in [0.3, 0.4) is 0 Å². The Hall–Kier alpha value is -1.15. The number of hydrogen-bond acceptors (Lipinski definition) is 0. The van der Waals surface area contributed by atoms with Crippen LogP contribution in [0.1, 0.15) is 12.8 Å². The fraction of sp³-hybridized carbons (Fsp3) is 0.200. The molecule has 2 aliphatic rings. The molecule has 0 amide bonds. The molecule has 2 aliphatic carbocycles. The van der Waals surface area contributed by atoms with Crippen LogP contribution in [0.4, 0.5) is 51.8 Å². The summed E-state index contributed by atoms with van der Waals surface area (Å²) in [5.41, 5.74) is 0. The van der Waals surface area contributed by atoms with Crippen molar-refractivity contribution in [2.75, 3.05) is 0 Å². The predicted octanol–water partition coefficient (Wildman–Crippen LogP) is 6.51. The third kappa shape index (κ3) is 139. The zero-order chi connectivity index (χ0) is 20.6. The first-order valence-electron chi connectivity index (χ1n) is 6.05. The van der Waals surface area contributed by atoms with Crippen molar-refractivity contribution in [3.63, 3.8) is 0 Å². The molecular weight excluding hydrogens is 433 g/mol. The van der Waals surface area contributed by atoms with E-state index < -0.39 is 21.8 Å². The molecular formula is C10H10B3CrF12. The number of rotatable bonds is 0. The standard InChI is InChI=1S/2C5H5.3BF4.Cr/c2*1-2-4-5-3-1;3*2-1(3,4)5;/h2*1-3H,4H2;;;;/q5*-1;+5. The monoisotopic (exact) mass is 443 g/mol. The Morgan fingerprint density at radius 2 is 0.692 bits per heavy atom. The summed E-state index contributed by atoms with van der Waals surface area (Å²) in [4.78, 5) is 0. The van der Waals surface area contributed by atoms with Gasteiger partial charge in [-0.3, -0.25) is 12.2 Å². The molecule has 16 heteroatoms. The third-order valence-electron chi connectivity index (χ3n) is 1.17. The second-order valence-corrected chi connectivity index (χ2v) is 3.49. The average molecular weight is 443 g/mol. The van der Waals surface area contributed by atoms with Gasteiger partial charge in [-0.15, -0.1) is 12.8 Å². The maximum absolute atomic E-state index is 9.75. The van der Waals surface area contributed by atoms with Gasteiger partial charge in [-0.05, 0) is 0 Å². The summed E-state index contributed by atoms with van der Waals surface area (Å²) in [6.45, 7) is 0. The SMILES string of the molecule is F[B-](F)(F)F.F[B-](F)(F)F.F[B-](F)(F)F.[C-]1=CC=CC1.[C-]1=CC=CC1.[Cr+5]. The molecule has 0 N–H and O–H groups in total. The quantitative estimate of drug-likeness (QED) is 0.228. The van der Waals surface area contributed by atoms with Crippen LogP contribution in [0, 0.1) is 12.2 Å². The van der Waals surface area contributed by atoms with E-state index in [2.05, 4.69) is 24.3 Å². The minimum atomic E-state index is -6.00. The second kappa shape index (κ2) is 17.3. The Morgan fingerprint density at radius 1 is 0.500 bits per heavy atom. The molecule has 26 heavy (non-hydrogen) atoms. The van der Waals surface area contributed by atoms with Crippen molar-refractivity contribution in [3.8, 4) is 0 Å². The van der Waals surface area contributed by atoms with Crippen molar-refractivity contribution >= 4 is 21.8 Å². The fourth-order valence-corrected chi connectivity index (χ4v) is 0.680. The zero-order valence-electron chi connectivity index (χ0n) is 12.6. The first-order chi connectivity index (χ1) is 11.0. The van der Waals surface area contributed by atoms with E-state index in [1.807, 2.05) is 24.3 Å². The molecule has 149 valence electrons. The van der Waals surface area contributed by atoms with Gasteiger partial charge in [0.1, 0.15) is 0 Å². The van der Waals surface area contributed by atoms with Crippen molar-refractivity contribution in [1.29, 1.82) is 0 Å². The molecule has 0 saturated heterocycles. The van der Waals surface area contributed by atoms with Crippen LogP contribution in [0.2, 0.25) is 0 Å². The Bertz CT molecular complexity index is 334. The second-order valence-electron chi connectivity index (χ2n) is 3.49. The Balaban J connectivity index is -0.000000115. The van der Waals surface area contributed by atoms with Gasteiger partial charge in [-0.1, -0.05) is 0 Å². The Labute approximate surface area is 153 Å². The van der Waals surface area contributed by atoms with Crippen molar-refractivity contribution in [2.45, 2.75) is 12.8 Å². The summed E-state index contributed by atoms with van der Waals surface area (Å²) in [5.74, 6) is 0. The number of halogens is 12. The van der Waals surface area contributed by atoms with Gasteiger partial charge < -0.3 is 51.8 Å². The molecule has 1 radical (unpaired) electrons. The summed E-state index contributed by atoms with van der Waals surface area (Å²) >= 11 is 0. The molecule has 0 spiro atoms. The van der Waals surface area contributed by atoms with Crippen LogP contribution in [0.5, 0.6) is 0 Å². The van der Waals surface area contributed by atoms with Gasteiger partial charge in [-0.2, -0.15) is 12.2 Å². The summed E-state index contributed by atoms with van der Waals surface area (Å²) in [6.07, 6.45) is 20.0. The number of allylic oxidation sites excluding steroid dienone is 8. The molecule has 0 nitrogen and oxygen atoms in total. The van der Waals surface area contributed by atoms with Crippen molar-refractivity contribution in [2.24, 2.45) is 0 Å². The molecule has 0 fully saturated rings. The summed E-state index contributed by atoms with van der Waals surface area (Å²) in [5, 5.41) is 0. The smallest absolute Gasteiger partial charge is 0.418 e. The van der Waals surface area contributed by atoms with Gasteiger partial charge in [0.05, 0.1) is 0 Å². The minimum absolute atomic E-state index is 0. The molecule has 0 aromatic heterocycles. The van der Waals surface area contributed by atoms with Gasteiger partial charge in [0.15, 0.2) is 0 Å². The summed E-state index contributed by atoms with van der Waals surface area (Å²) < 4.78 is 117. The van der Waals surface area contributed by atoms with Gasteiger partial charge in [0, 0.05) is 0 Å². The van der Waals surface area contributed by atoms with E-state index >= 15 is 0 Å². The number of hydrogen-bond donors (Lipinski definition) is 0. The fourth-order valence-electron chi connectivity index (χ4n) is 0.680. The largest absolute Gasteiger partial charge is 5.00 e. The molecule has 0 aromatic carbocycles. The normalized spacial score (nSPS) is 13.7. The molecule has 0 bridgehead atoms. The Kier molecular flexibility index (Phi) is 21.6. The molecule has 0 atom stereocenters. The van der Waals surface area contributed by atoms with Crippen molar-refractivity contribution < 1.29 is 69.1 Å². The summed E-state index contributed by atoms with van der Waals surface area (Å²) in [6, 6.07) is 0. The molecule has 0 aliphatic heterocycles. The van der Waals surface area contributed by atoms with Crippen molar-refractivity contribution in [3.05, 3.63) is 48.6 Å². The van der Waals surface area contributed by atoms with Gasteiger partial charge >= 0.3 is 39.1 Å². The topological polar surface area (TPSA) is 0 Å². The molecule has 2 rings (SSSR count). The molecule has 0 heterocycles. The van der Waals surface area contributed by atoms with Gasteiger partial charge in [-0.25, -0.2) is 24.3 Å². The molecule has 0 unspecified atom stereocenters. The first-order valence-corrected chi connectivity index (χ1v) is 6.05. The predicted molar refractivity (Wildman–Crippen MR) is 73.7 cm³/mol. The van der Waals surface area contributed by atoms with E-state index in [0.29, 0.717) is 0 Å². The zero-order valence-corrected chi connectivity index (χ0v) is 13.8. The van der Waals surface area contributed by atoms with E-state index in [0.717, 1.165) is 12.8 Å². The van der Waals surface area contributed by atoms with Gasteiger partial charge in [0.25, 0.3) is 0 Å². The van der Waals surface area contributed by atoms with Crippen LogP contribution >= 0.6 is 0 Å². The van der Waals surface area contributed by atoms with Crippen molar-refractivity contribution in [1.82, 2.24) is 0 Å². The maximum atomic E-state index is 9.75. The van der Waals surface area contributed by atoms with E-state index in [-0.39, 0.29) is 17.4 Å². The van der Waals surface area contributed by atoms with E-state index in [4.69, 9.17) is 0 Å². The van der Waals surface area contributed by atoms with Crippen LogP contribution in [-0.4, -0.2) is 21.8 Å². The van der Waals surface area contributed by atoms with Gasteiger partial charge in [0.2, 0.25) is 0 Å². The van der Waals surface area contributed by atoms with Crippen LogP contribution in [-0.2, 0) is 17.4 Å². The Morgan fingerprint density at radius 3 is 0.731 bits per heavy atom. The van der Waals surface area contributed by atoms with E-state index in [1.165, 1.54) is 0 Å².